The quantitative estimate of drug-likeness (QED) is 0.625. The van der Waals surface area contributed by atoms with Crippen molar-refractivity contribution in [1.29, 1.82) is 0 Å². The van der Waals surface area contributed by atoms with E-state index >= 15 is 0 Å². The second-order valence-corrected chi connectivity index (χ2v) is 6.99. The summed E-state index contributed by atoms with van der Waals surface area (Å²) in [6.07, 6.45) is 3.09. The molecule has 0 saturated heterocycles. The third kappa shape index (κ3) is 4.73. The van der Waals surface area contributed by atoms with Crippen molar-refractivity contribution < 1.29 is 13.9 Å². The SMILES string of the molecule is C[C@H](NC(=O)N1CCOc2ccc(C#Cc3cnc(N)nc3)cc21)c1cccc(F)c1. The van der Waals surface area contributed by atoms with Gasteiger partial charge in [0.2, 0.25) is 5.95 Å². The summed E-state index contributed by atoms with van der Waals surface area (Å²) in [6.45, 7) is 2.57. The number of nitrogens with two attached hydrogens (primary N) is 1. The zero-order chi connectivity index (χ0) is 21.8. The highest BCUT2D eigenvalue weighted by molar-refractivity contribution is 5.94. The number of hydrogen-bond acceptors (Lipinski definition) is 5. The number of carbonyl (C=O) groups is 1. The Morgan fingerprint density at radius 2 is 1.97 bits per heavy atom. The first kappa shape index (κ1) is 20.2. The number of nitrogens with one attached hydrogen (secondary N) is 1. The molecule has 0 radical (unpaired) electrons. The molecule has 0 saturated carbocycles. The molecule has 0 spiro atoms. The second-order valence-electron chi connectivity index (χ2n) is 6.99. The summed E-state index contributed by atoms with van der Waals surface area (Å²) >= 11 is 0. The van der Waals surface area contributed by atoms with Crippen LogP contribution >= 0.6 is 0 Å². The molecular formula is C23H20FN5O2. The van der Waals surface area contributed by atoms with Crippen LogP contribution in [0.5, 0.6) is 5.75 Å². The molecule has 1 aliphatic heterocycles. The fraction of sp³-hybridized carbons (Fsp3) is 0.174. The van der Waals surface area contributed by atoms with Gasteiger partial charge in [0, 0.05) is 18.0 Å². The molecule has 0 unspecified atom stereocenters. The molecule has 156 valence electrons. The average Bonchev–Trinajstić information content (AvgIpc) is 2.78. The van der Waals surface area contributed by atoms with Gasteiger partial charge in [0.05, 0.1) is 23.8 Å². The first-order chi connectivity index (χ1) is 15.0. The average molecular weight is 417 g/mol. The number of carbonyl (C=O) groups excluding carboxylic acids is 1. The van der Waals surface area contributed by atoms with Crippen molar-refractivity contribution in [2.45, 2.75) is 13.0 Å². The fourth-order valence-corrected chi connectivity index (χ4v) is 3.18. The molecule has 1 atom stereocenters. The second kappa shape index (κ2) is 8.71. The zero-order valence-corrected chi connectivity index (χ0v) is 16.8. The van der Waals surface area contributed by atoms with Crippen LogP contribution in [-0.2, 0) is 0 Å². The molecule has 31 heavy (non-hydrogen) atoms. The number of ether oxygens (including phenoxy) is 1. The molecule has 1 aromatic heterocycles. The number of anilines is 2. The van der Waals surface area contributed by atoms with Gasteiger partial charge in [0.1, 0.15) is 18.2 Å². The Kier molecular flexibility index (Phi) is 5.67. The van der Waals surface area contributed by atoms with E-state index in [-0.39, 0.29) is 23.8 Å². The van der Waals surface area contributed by atoms with Crippen LogP contribution in [0.3, 0.4) is 0 Å². The maximum atomic E-state index is 13.5. The number of rotatable bonds is 2. The fourth-order valence-electron chi connectivity index (χ4n) is 3.18. The van der Waals surface area contributed by atoms with E-state index < -0.39 is 0 Å². The topological polar surface area (TPSA) is 93.4 Å². The number of urea groups is 1. The van der Waals surface area contributed by atoms with E-state index in [4.69, 9.17) is 10.5 Å². The molecule has 2 amide bonds. The van der Waals surface area contributed by atoms with E-state index in [2.05, 4.69) is 27.1 Å². The van der Waals surface area contributed by atoms with Crippen LogP contribution in [0.15, 0.2) is 54.9 Å². The summed E-state index contributed by atoms with van der Waals surface area (Å²) in [5.41, 5.74) is 8.13. The van der Waals surface area contributed by atoms with Gasteiger partial charge in [-0.1, -0.05) is 24.0 Å². The molecule has 0 aliphatic carbocycles. The van der Waals surface area contributed by atoms with Crippen LogP contribution in [0, 0.1) is 17.7 Å². The van der Waals surface area contributed by atoms with Crippen LogP contribution in [0.2, 0.25) is 0 Å². The van der Waals surface area contributed by atoms with Gasteiger partial charge in [0.25, 0.3) is 0 Å². The normalized spacial score (nSPS) is 13.3. The van der Waals surface area contributed by atoms with Crippen LogP contribution in [0.4, 0.5) is 20.8 Å². The van der Waals surface area contributed by atoms with E-state index in [0.717, 1.165) is 0 Å². The highest BCUT2D eigenvalue weighted by Gasteiger charge is 2.25. The van der Waals surface area contributed by atoms with E-state index in [0.29, 0.717) is 41.3 Å². The molecule has 3 N–H and O–H groups in total. The molecule has 8 heteroatoms. The maximum Gasteiger partial charge on any atom is 0.322 e. The van der Waals surface area contributed by atoms with Crippen LogP contribution in [0.25, 0.3) is 0 Å². The Balaban J connectivity index is 1.54. The Morgan fingerprint density at radius 3 is 2.74 bits per heavy atom. The van der Waals surface area contributed by atoms with Crippen molar-refractivity contribution in [2.75, 3.05) is 23.8 Å². The number of halogens is 1. The van der Waals surface area contributed by atoms with Crippen molar-refractivity contribution in [1.82, 2.24) is 15.3 Å². The predicted molar refractivity (Wildman–Crippen MR) is 115 cm³/mol. The number of nitrogens with zero attached hydrogens (tertiary/aromatic N) is 3. The van der Waals surface area contributed by atoms with Crippen molar-refractivity contribution in [3.63, 3.8) is 0 Å². The number of benzene rings is 2. The summed E-state index contributed by atoms with van der Waals surface area (Å²) in [6, 6.07) is 10.9. The molecule has 3 aromatic rings. The summed E-state index contributed by atoms with van der Waals surface area (Å²) in [4.78, 5) is 22.4. The number of nitrogen functional groups attached to an aromatic ring is 1. The maximum absolute atomic E-state index is 13.5. The van der Waals surface area contributed by atoms with Crippen molar-refractivity contribution >= 4 is 17.7 Å². The van der Waals surface area contributed by atoms with Gasteiger partial charge in [-0.15, -0.1) is 0 Å². The largest absolute Gasteiger partial charge is 0.490 e. The Hall–Kier alpha value is -4.12. The summed E-state index contributed by atoms with van der Waals surface area (Å²) in [5, 5.41) is 2.92. The van der Waals surface area contributed by atoms with Crippen LogP contribution in [0.1, 0.15) is 29.7 Å². The Bertz CT molecular complexity index is 1170. The third-order valence-electron chi connectivity index (χ3n) is 4.78. The van der Waals surface area contributed by atoms with Crippen molar-refractivity contribution in [3.8, 4) is 17.6 Å². The molecule has 2 heterocycles. The van der Waals surface area contributed by atoms with Crippen molar-refractivity contribution in [2.24, 2.45) is 0 Å². The summed E-state index contributed by atoms with van der Waals surface area (Å²) < 4.78 is 19.2. The van der Waals surface area contributed by atoms with Gasteiger partial charge >= 0.3 is 6.03 Å². The van der Waals surface area contributed by atoms with Crippen LogP contribution in [-0.4, -0.2) is 29.2 Å². The number of aromatic nitrogens is 2. The van der Waals surface area contributed by atoms with E-state index in [1.165, 1.54) is 12.1 Å². The van der Waals surface area contributed by atoms with Gasteiger partial charge in [0.15, 0.2) is 0 Å². The summed E-state index contributed by atoms with van der Waals surface area (Å²) in [7, 11) is 0. The number of hydrogen-bond donors (Lipinski definition) is 2. The van der Waals surface area contributed by atoms with Gasteiger partial charge < -0.3 is 15.8 Å². The smallest absolute Gasteiger partial charge is 0.322 e. The molecule has 7 nitrogen and oxygen atoms in total. The third-order valence-corrected chi connectivity index (χ3v) is 4.78. The first-order valence-electron chi connectivity index (χ1n) is 9.69. The van der Waals surface area contributed by atoms with Gasteiger partial charge in [-0.3, -0.25) is 4.90 Å². The lowest BCUT2D eigenvalue weighted by molar-refractivity contribution is 0.237. The standard InChI is InChI=1S/C23H20FN5O2/c1-15(18-3-2-4-19(24)12-18)28-23(30)29-9-10-31-21-8-7-16(11-20(21)29)5-6-17-13-26-22(25)27-14-17/h2-4,7-8,11-15H,9-10H2,1H3,(H,28,30)(H2,25,26,27)/t15-/m0/s1. The monoisotopic (exact) mass is 417 g/mol. The first-order valence-corrected chi connectivity index (χ1v) is 9.69. The zero-order valence-electron chi connectivity index (χ0n) is 16.8. The minimum Gasteiger partial charge on any atom is -0.490 e. The molecule has 1 aliphatic rings. The van der Waals surface area contributed by atoms with Gasteiger partial charge in [-0.2, -0.15) is 0 Å². The summed E-state index contributed by atoms with van der Waals surface area (Å²) in [5.74, 6) is 6.45. The molecular weight excluding hydrogens is 397 g/mol. The minimum absolute atomic E-state index is 0.186. The lowest BCUT2D eigenvalue weighted by Gasteiger charge is -2.31. The predicted octanol–water partition coefficient (Wildman–Crippen LogP) is 3.27. The van der Waals surface area contributed by atoms with Gasteiger partial charge in [-0.05, 0) is 42.8 Å². The number of fused-ring (bicyclic) bond motifs is 1. The lowest BCUT2D eigenvalue weighted by Crippen LogP contribution is -2.45. The Morgan fingerprint density at radius 1 is 1.19 bits per heavy atom. The minimum atomic E-state index is -0.358. The van der Waals surface area contributed by atoms with E-state index in [1.54, 1.807) is 41.6 Å². The van der Waals surface area contributed by atoms with Crippen molar-refractivity contribution in [3.05, 3.63) is 77.4 Å². The number of amides is 2. The molecule has 0 fully saturated rings. The highest BCUT2D eigenvalue weighted by Crippen LogP contribution is 2.32. The van der Waals surface area contributed by atoms with Gasteiger partial charge in [-0.25, -0.2) is 19.2 Å². The van der Waals surface area contributed by atoms with E-state index in [1.807, 2.05) is 13.0 Å². The lowest BCUT2D eigenvalue weighted by atomic mass is 10.1. The molecule has 0 bridgehead atoms. The molecule has 4 rings (SSSR count). The molecule has 2 aromatic carbocycles. The highest BCUT2D eigenvalue weighted by atomic mass is 19.1. The van der Waals surface area contributed by atoms with E-state index in [9.17, 15) is 9.18 Å². The Labute approximate surface area is 179 Å². The van der Waals surface area contributed by atoms with Crippen LogP contribution < -0.4 is 20.7 Å².